The molecule has 0 radical (unpaired) electrons. The molecular formula is C27H34ClN7O. The number of nitrogens with two attached hydrogens (primary N) is 1. The molecule has 0 aliphatic carbocycles. The van der Waals surface area contributed by atoms with Crippen molar-refractivity contribution >= 4 is 22.9 Å². The molecular weight excluding hydrogens is 474 g/mol. The van der Waals surface area contributed by atoms with Crippen LogP contribution in [0.4, 0.5) is 5.82 Å². The molecule has 4 aromatic rings. The first-order chi connectivity index (χ1) is 17.5. The number of pyridine rings is 2. The molecule has 4 aromatic heterocycles. The van der Waals surface area contributed by atoms with Gasteiger partial charge in [0, 0.05) is 47.3 Å². The van der Waals surface area contributed by atoms with Crippen LogP contribution in [0.2, 0.25) is 5.02 Å². The number of hydrogen-bond donors (Lipinski definition) is 1. The summed E-state index contributed by atoms with van der Waals surface area (Å²) < 4.78 is 10.00. The predicted octanol–water partition coefficient (Wildman–Crippen LogP) is 4.93. The molecule has 2 N–H and O–H groups in total. The number of rotatable bonds is 10. The monoisotopic (exact) mass is 507 g/mol. The zero-order valence-corrected chi connectivity index (χ0v) is 21.8. The van der Waals surface area contributed by atoms with E-state index in [1.165, 1.54) is 25.7 Å². The maximum atomic E-state index is 6.36. The molecule has 0 aromatic carbocycles. The Kier molecular flexibility index (Phi) is 7.43. The number of anilines is 1. The largest absolute Gasteiger partial charge is 0.488 e. The average Bonchev–Trinajstić information content (AvgIpc) is 3.53. The fourth-order valence-electron chi connectivity index (χ4n) is 5.20. The zero-order valence-electron chi connectivity index (χ0n) is 21.0. The van der Waals surface area contributed by atoms with Crippen molar-refractivity contribution in [2.24, 2.45) is 7.05 Å². The molecule has 0 unspecified atom stereocenters. The highest BCUT2D eigenvalue weighted by Gasteiger charge is 2.25. The molecule has 190 valence electrons. The molecule has 1 fully saturated rings. The van der Waals surface area contributed by atoms with E-state index in [2.05, 4.69) is 26.1 Å². The molecule has 1 saturated heterocycles. The van der Waals surface area contributed by atoms with Gasteiger partial charge in [0.2, 0.25) is 0 Å². The number of likely N-dealkylation sites (tertiary alicyclic amines) is 1. The fourth-order valence-corrected chi connectivity index (χ4v) is 5.48. The summed E-state index contributed by atoms with van der Waals surface area (Å²) in [4.78, 5) is 7.18. The minimum atomic E-state index is 0.437. The molecule has 5 heterocycles. The van der Waals surface area contributed by atoms with Crippen LogP contribution in [0, 0.1) is 6.92 Å². The van der Waals surface area contributed by atoms with Crippen LogP contribution in [-0.2, 0) is 13.5 Å². The van der Waals surface area contributed by atoms with Gasteiger partial charge in [-0.05, 0) is 76.4 Å². The Hall–Kier alpha value is -3.10. The van der Waals surface area contributed by atoms with E-state index in [-0.39, 0.29) is 0 Å². The second kappa shape index (κ2) is 10.9. The predicted molar refractivity (Wildman–Crippen MR) is 143 cm³/mol. The Morgan fingerprint density at radius 2 is 2.06 bits per heavy atom. The van der Waals surface area contributed by atoms with E-state index >= 15 is 0 Å². The SMILES string of the molecule is Cc1cc(Cl)cc(CCCCCN2CCC[C@@H]2COc2cnn(C)c2-c2ccn3nc(N)cc3c2)n1. The second-order valence-electron chi connectivity index (χ2n) is 9.71. The Morgan fingerprint density at radius 3 is 2.92 bits per heavy atom. The van der Waals surface area contributed by atoms with Gasteiger partial charge < -0.3 is 10.5 Å². The van der Waals surface area contributed by atoms with Gasteiger partial charge in [0.25, 0.3) is 0 Å². The van der Waals surface area contributed by atoms with E-state index in [9.17, 15) is 0 Å². The van der Waals surface area contributed by atoms with Crippen LogP contribution in [0.3, 0.4) is 0 Å². The van der Waals surface area contributed by atoms with Crippen molar-refractivity contribution < 1.29 is 4.74 Å². The van der Waals surface area contributed by atoms with Crippen LogP contribution in [0.25, 0.3) is 16.8 Å². The number of unbranched alkanes of at least 4 members (excludes halogenated alkanes) is 2. The standard InChI is InChI=1S/C27H34ClN7O/c1-19-13-21(28)15-22(31-19)7-4-3-5-10-34-11-6-8-23(34)18-36-25-17-30-33(2)27(25)20-9-12-35-24(14-20)16-26(29)32-35/h9,12-17,23H,3-8,10-11,18H2,1-2H3,(H2,29,32)/t23-/m1/s1. The summed E-state index contributed by atoms with van der Waals surface area (Å²) in [6.45, 7) is 4.91. The lowest BCUT2D eigenvalue weighted by Gasteiger charge is -2.24. The molecule has 5 rings (SSSR count). The van der Waals surface area contributed by atoms with Crippen LogP contribution in [0.1, 0.15) is 43.5 Å². The van der Waals surface area contributed by atoms with Crippen molar-refractivity contribution in [3.63, 3.8) is 0 Å². The van der Waals surface area contributed by atoms with Gasteiger partial charge >= 0.3 is 0 Å². The Bertz CT molecular complexity index is 1310. The summed E-state index contributed by atoms with van der Waals surface area (Å²) in [7, 11) is 1.94. The van der Waals surface area contributed by atoms with E-state index < -0.39 is 0 Å². The van der Waals surface area contributed by atoms with Gasteiger partial charge in [-0.2, -0.15) is 10.2 Å². The molecule has 0 spiro atoms. The summed E-state index contributed by atoms with van der Waals surface area (Å²) in [5.41, 5.74) is 10.9. The van der Waals surface area contributed by atoms with Crippen molar-refractivity contribution in [1.82, 2.24) is 29.3 Å². The molecule has 36 heavy (non-hydrogen) atoms. The third-order valence-electron chi connectivity index (χ3n) is 6.94. The minimum absolute atomic E-state index is 0.437. The van der Waals surface area contributed by atoms with Crippen LogP contribution in [0.15, 0.2) is 42.7 Å². The number of ether oxygens (including phenoxy) is 1. The molecule has 9 heteroatoms. The summed E-state index contributed by atoms with van der Waals surface area (Å²) in [5.74, 6) is 1.32. The fraction of sp³-hybridized carbons (Fsp3) is 0.444. The van der Waals surface area contributed by atoms with E-state index in [4.69, 9.17) is 22.1 Å². The number of aryl methyl sites for hydroxylation is 3. The molecule has 1 atom stereocenters. The first-order valence-corrected chi connectivity index (χ1v) is 13.1. The van der Waals surface area contributed by atoms with Crippen molar-refractivity contribution in [2.75, 3.05) is 25.4 Å². The average molecular weight is 508 g/mol. The molecule has 0 saturated carbocycles. The summed E-state index contributed by atoms with van der Waals surface area (Å²) >= 11 is 6.16. The van der Waals surface area contributed by atoms with E-state index in [1.54, 1.807) is 4.52 Å². The van der Waals surface area contributed by atoms with Gasteiger partial charge in [0.15, 0.2) is 5.75 Å². The third kappa shape index (κ3) is 5.65. The lowest BCUT2D eigenvalue weighted by molar-refractivity contribution is 0.171. The number of hydrogen-bond acceptors (Lipinski definition) is 6. The first kappa shape index (κ1) is 24.6. The smallest absolute Gasteiger partial charge is 0.165 e. The second-order valence-corrected chi connectivity index (χ2v) is 10.1. The first-order valence-electron chi connectivity index (χ1n) is 12.7. The molecule has 1 aliphatic heterocycles. The van der Waals surface area contributed by atoms with Crippen molar-refractivity contribution in [1.29, 1.82) is 0 Å². The van der Waals surface area contributed by atoms with Crippen molar-refractivity contribution in [3.05, 3.63) is 59.1 Å². The Labute approximate surface area is 217 Å². The lowest BCUT2D eigenvalue weighted by atomic mass is 10.1. The summed E-state index contributed by atoms with van der Waals surface area (Å²) in [5, 5.41) is 9.51. The van der Waals surface area contributed by atoms with E-state index in [1.807, 2.05) is 55.3 Å². The van der Waals surface area contributed by atoms with Crippen molar-refractivity contribution in [3.8, 4) is 17.0 Å². The number of halogens is 1. The van der Waals surface area contributed by atoms with Crippen molar-refractivity contribution in [2.45, 2.75) is 51.5 Å². The minimum Gasteiger partial charge on any atom is -0.488 e. The van der Waals surface area contributed by atoms with E-state index in [0.717, 1.165) is 64.9 Å². The number of nitrogen functional groups attached to an aromatic ring is 1. The quantitative estimate of drug-likeness (QED) is 0.306. The highest BCUT2D eigenvalue weighted by molar-refractivity contribution is 6.30. The molecule has 8 nitrogen and oxygen atoms in total. The van der Waals surface area contributed by atoms with Crippen LogP contribution in [-0.4, -0.2) is 55.0 Å². The van der Waals surface area contributed by atoms with Gasteiger partial charge in [0.05, 0.1) is 11.7 Å². The normalized spacial score (nSPS) is 16.2. The summed E-state index contributed by atoms with van der Waals surface area (Å²) in [6.07, 6.45) is 10.6. The van der Waals surface area contributed by atoms with E-state index in [0.29, 0.717) is 18.5 Å². The molecule has 0 amide bonds. The van der Waals surface area contributed by atoms with Crippen LogP contribution in [0.5, 0.6) is 5.75 Å². The van der Waals surface area contributed by atoms with Gasteiger partial charge in [-0.15, -0.1) is 0 Å². The maximum absolute atomic E-state index is 6.36. The Morgan fingerprint density at radius 1 is 1.17 bits per heavy atom. The topological polar surface area (TPSA) is 86.5 Å². The highest BCUT2D eigenvalue weighted by atomic mass is 35.5. The lowest BCUT2D eigenvalue weighted by Crippen LogP contribution is -2.35. The molecule has 0 bridgehead atoms. The zero-order chi connectivity index (χ0) is 25.1. The molecule has 1 aliphatic rings. The van der Waals surface area contributed by atoms with Gasteiger partial charge in [-0.3, -0.25) is 14.6 Å². The number of nitrogens with zero attached hydrogens (tertiary/aromatic N) is 6. The van der Waals surface area contributed by atoms with Crippen LogP contribution < -0.4 is 10.5 Å². The third-order valence-corrected chi connectivity index (χ3v) is 7.16. The van der Waals surface area contributed by atoms with Gasteiger partial charge in [0.1, 0.15) is 18.1 Å². The van der Waals surface area contributed by atoms with Crippen LogP contribution >= 0.6 is 11.6 Å². The summed E-state index contributed by atoms with van der Waals surface area (Å²) in [6, 6.07) is 10.3. The Balaban J connectivity index is 1.14. The maximum Gasteiger partial charge on any atom is 0.165 e. The highest BCUT2D eigenvalue weighted by Crippen LogP contribution is 2.31. The van der Waals surface area contributed by atoms with Gasteiger partial charge in [-0.25, -0.2) is 4.52 Å². The van der Waals surface area contributed by atoms with Gasteiger partial charge in [-0.1, -0.05) is 18.0 Å². The number of aromatic nitrogens is 5. The number of fused-ring (bicyclic) bond motifs is 1.